The lowest BCUT2D eigenvalue weighted by Gasteiger charge is -2.31. The second-order valence-corrected chi connectivity index (χ2v) is 6.64. The van der Waals surface area contributed by atoms with E-state index in [2.05, 4.69) is 10.3 Å². The number of nitrogens with one attached hydrogen (secondary N) is 1. The van der Waals surface area contributed by atoms with Crippen LogP contribution in [0.15, 0.2) is 23.2 Å². The number of guanidine groups is 1. The summed E-state index contributed by atoms with van der Waals surface area (Å²) in [5.41, 5.74) is 6.83. The van der Waals surface area contributed by atoms with Gasteiger partial charge in [-0.3, -0.25) is 4.99 Å². The molecule has 3 N–H and O–H groups in total. The van der Waals surface area contributed by atoms with E-state index in [1.54, 1.807) is 11.8 Å². The monoisotopic (exact) mass is 386 g/mol. The van der Waals surface area contributed by atoms with Crippen molar-refractivity contribution in [2.45, 2.75) is 32.2 Å². The molecule has 0 aliphatic carbocycles. The van der Waals surface area contributed by atoms with Gasteiger partial charge in [0.1, 0.15) is 0 Å². The molecule has 0 bridgehead atoms. The number of rotatable bonds is 5. The van der Waals surface area contributed by atoms with Crippen molar-refractivity contribution < 1.29 is 9.53 Å². The first-order valence-corrected chi connectivity index (χ1v) is 9.18. The van der Waals surface area contributed by atoms with Gasteiger partial charge in [0.25, 0.3) is 0 Å². The maximum Gasteiger partial charge on any atom is 0.409 e. The van der Waals surface area contributed by atoms with Gasteiger partial charge in [0, 0.05) is 35.7 Å². The van der Waals surface area contributed by atoms with Crippen LogP contribution in [0.1, 0.15) is 25.3 Å². The number of hydrogen-bond donors (Lipinski definition) is 2. The fourth-order valence-electron chi connectivity index (χ4n) is 2.74. The Bertz CT molecular complexity index is 596. The lowest BCUT2D eigenvalue weighted by molar-refractivity contribution is 0.0963. The fourth-order valence-corrected chi connectivity index (χ4v) is 3.32. The highest BCUT2D eigenvalue weighted by Gasteiger charge is 2.23. The molecule has 2 rings (SSSR count). The molecule has 1 fully saturated rings. The molecule has 0 saturated carbocycles. The summed E-state index contributed by atoms with van der Waals surface area (Å²) in [4.78, 5) is 17.7. The van der Waals surface area contributed by atoms with E-state index in [1.807, 2.05) is 18.2 Å². The maximum atomic E-state index is 11.7. The van der Waals surface area contributed by atoms with E-state index < -0.39 is 0 Å². The number of nitrogens with zero attached hydrogens (tertiary/aromatic N) is 2. The number of hydrogen-bond acceptors (Lipinski definition) is 3. The van der Waals surface area contributed by atoms with E-state index in [1.165, 1.54) is 0 Å². The highest BCUT2D eigenvalue weighted by Crippen LogP contribution is 2.24. The molecular weight excluding hydrogens is 363 g/mol. The van der Waals surface area contributed by atoms with Gasteiger partial charge in [0.15, 0.2) is 5.96 Å². The van der Waals surface area contributed by atoms with Crippen LogP contribution in [0, 0.1) is 0 Å². The Hall–Kier alpha value is -1.66. The van der Waals surface area contributed by atoms with Crippen molar-refractivity contribution in [3.63, 3.8) is 0 Å². The third kappa shape index (κ3) is 5.97. The van der Waals surface area contributed by atoms with Gasteiger partial charge in [-0.15, -0.1) is 0 Å². The SMILES string of the molecule is CCOC(=O)N1CCC(NC(N)=NCCc2c(Cl)cccc2Cl)CC1. The van der Waals surface area contributed by atoms with Gasteiger partial charge < -0.3 is 20.7 Å². The molecule has 1 saturated heterocycles. The Morgan fingerprint density at radius 3 is 2.60 bits per heavy atom. The molecule has 0 unspecified atom stereocenters. The molecule has 1 heterocycles. The molecule has 138 valence electrons. The topological polar surface area (TPSA) is 80.0 Å². The minimum Gasteiger partial charge on any atom is -0.450 e. The summed E-state index contributed by atoms with van der Waals surface area (Å²) < 4.78 is 5.01. The van der Waals surface area contributed by atoms with Crippen LogP contribution in [0.25, 0.3) is 0 Å². The standard InChI is InChI=1S/C17H24Cl2N4O2/c1-2-25-17(24)23-10-7-12(8-11-23)22-16(20)21-9-6-13-14(18)4-3-5-15(13)19/h3-5,12H,2,6-11H2,1H3,(H3,20,21,22). The van der Waals surface area contributed by atoms with Crippen LogP contribution in [-0.2, 0) is 11.2 Å². The van der Waals surface area contributed by atoms with Crippen LogP contribution < -0.4 is 11.1 Å². The summed E-state index contributed by atoms with van der Waals surface area (Å²) in [5.74, 6) is 0.401. The zero-order valence-corrected chi connectivity index (χ0v) is 15.8. The van der Waals surface area contributed by atoms with Gasteiger partial charge in [-0.05, 0) is 43.9 Å². The Morgan fingerprint density at radius 1 is 1.36 bits per heavy atom. The fraction of sp³-hybridized carbons (Fsp3) is 0.529. The number of nitrogens with two attached hydrogens (primary N) is 1. The lowest BCUT2D eigenvalue weighted by atomic mass is 10.1. The van der Waals surface area contributed by atoms with Crippen molar-refractivity contribution in [2.75, 3.05) is 26.2 Å². The van der Waals surface area contributed by atoms with E-state index >= 15 is 0 Å². The van der Waals surface area contributed by atoms with Crippen molar-refractivity contribution >= 4 is 35.3 Å². The van der Waals surface area contributed by atoms with Crippen LogP contribution in [0.4, 0.5) is 4.79 Å². The second-order valence-electron chi connectivity index (χ2n) is 5.82. The second kappa shape index (κ2) is 9.73. The van der Waals surface area contributed by atoms with Crippen LogP contribution >= 0.6 is 23.2 Å². The van der Waals surface area contributed by atoms with Crippen molar-refractivity contribution in [3.8, 4) is 0 Å². The van der Waals surface area contributed by atoms with E-state index in [4.69, 9.17) is 33.7 Å². The van der Waals surface area contributed by atoms with E-state index in [0.29, 0.717) is 48.7 Å². The highest BCUT2D eigenvalue weighted by atomic mass is 35.5. The van der Waals surface area contributed by atoms with Crippen molar-refractivity contribution in [1.29, 1.82) is 0 Å². The van der Waals surface area contributed by atoms with Gasteiger partial charge in [0.2, 0.25) is 0 Å². The van der Waals surface area contributed by atoms with Gasteiger partial charge in [-0.2, -0.15) is 0 Å². The van der Waals surface area contributed by atoms with Crippen molar-refractivity contribution in [1.82, 2.24) is 10.2 Å². The third-order valence-electron chi connectivity index (χ3n) is 4.08. The summed E-state index contributed by atoms with van der Waals surface area (Å²) in [6.45, 7) is 4.01. The number of benzene rings is 1. The number of piperidine rings is 1. The Kier molecular flexibility index (Phi) is 7.65. The Labute approximate surface area is 158 Å². The molecule has 0 spiro atoms. The summed E-state index contributed by atoms with van der Waals surface area (Å²) in [6.07, 6.45) is 2.00. The quantitative estimate of drug-likeness (QED) is 0.601. The molecule has 6 nitrogen and oxygen atoms in total. The number of ether oxygens (including phenoxy) is 1. The van der Waals surface area contributed by atoms with Crippen LogP contribution in [0.3, 0.4) is 0 Å². The minimum atomic E-state index is -0.251. The van der Waals surface area contributed by atoms with Crippen molar-refractivity contribution in [2.24, 2.45) is 10.7 Å². The summed E-state index contributed by atoms with van der Waals surface area (Å²) in [6, 6.07) is 5.64. The highest BCUT2D eigenvalue weighted by molar-refractivity contribution is 6.35. The number of carbonyl (C=O) groups excluding carboxylic acids is 1. The molecule has 0 aromatic heterocycles. The van der Waals surface area contributed by atoms with Gasteiger partial charge in [0.05, 0.1) is 6.61 Å². The zero-order valence-electron chi connectivity index (χ0n) is 14.3. The largest absolute Gasteiger partial charge is 0.450 e. The minimum absolute atomic E-state index is 0.207. The van der Waals surface area contributed by atoms with Crippen LogP contribution in [0.2, 0.25) is 10.0 Å². The average molecular weight is 387 g/mol. The Morgan fingerprint density at radius 2 is 2.00 bits per heavy atom. The number of halogens is 2. The first-order valence-electron chi connectivity index (χ1n) is 8.42. The summed E-state index contributed by atoms with van der Waals surface area (Å²) in [7, 11) is 0. The number of amides is 1. The summed E-state index contributed by atoms with van der Waals surface area (Å²) in [5, 5.41) is 4.49. The van der Waals surface area contributed by atoms with Gasteiger partial charge in [-0.1, -0.05) is 29.3 Å². The van der Waals surface area contributed by atoms with Gasteiger partial charge in [-0.25, -0.2) is 4.79 Å². The van der Waals surface area contributed by atoms with Gasteiger partial charge >= 0.3 is 6.09 Å². The third-order valence-corrected chi connectivity index (χ3v) is 4.79. The molecule has 1 amide bonds. The van der Waals surface area contributed by atoms with E-state index in [9.17, 15) is 4.79 Å². The lowest BCUT2D eigenvalue weighted by Crippen LogP contribution is -2.48. The molecule has 25 heavy (non-hydrogen) atoms. The van der Waals surface area contributed by atoms with Crippen LogP contribution in [-0.4, -0.2) is 49.2 Å². The zero-order chi connectivity index (χ0) is 18.2. The van der Waals surface area contributed by atoms with Crippen LogP contribution in [0.5, 0.6) is 0 Å². The molecule has 1 aromatic carbocycles. The number of carbonyl (C=O) groups is 1. The Balaban J connectivity index is 1.76. The molecular formula is C17H24Cl2N4O2. The maximum absolute atomic E-state index is 11.7. The molecule has 1 aliphatic rings. The first kappa shape index (κ1) is 19.7. The smallest absolute Gasteiger partial charge is 0.409 e. The van der Waals surface area contributed by atoms with E-state index in [0.717, 1.165) is 18.4 Å². The number of likely N-dealkylation sites (tertiary alicyclic amines) is 1. The van der Waals surface area contributed by atoms with Crippen molar-refractivity contribution in [3.05, 3.63) is 33.8 Å². The van der Waals surface area contributed by atoms with E-state index in [-0.39, 0.29) is 12.1 Å². The predicted octanol–water partition coefficient (Wildman–Crippen LogP) is 3.06. The molecule has 1 aliphatic heterocycles. The average Bonchev–Trinajstić information content (AvgIpc) is 2.58. The molecule has 8 heteroatoms. The first-order chi connectivity index (χ1) is 12.0. The normalized spacial score (nSPS) is 16.0. The predicted molar refractivity (Wildman–Crippen MR) is 101 cm³/mol. The molecule has 0 radical (unpaired) electrons. The molecule has 1 aromatic rings. The molecule has 0 atom stereocenters. The summed E-state index contributed by atoms with van der Waals surface area (Å²) >= 11 is 12.3. The number of aliphatic imine (C=N–C) groups is 1.